The topological polar surface area (TPSA) is 47.6 Å². The van der Waals surface area contributed by atoms with Gasteiger partial charge >= 0.3 is 0 Å². The second kappa shape index (κ2) is 7.39. The van der Waals surface area contributed by atoms with Crippen molar-refractivity contribution in [2.24, 2.45) is 0 Å². The van der Waals surface area contributed by atoms with Crippen molar-refractivity contribution in [3.8, 4) is 11.5 Å². The highest BCUT2D eigenvalue weighted by molar-refractivity contribution is 5.76. The Morgan fingerprint density at radius 3 is 2.71 bits per heavy atom. The van der Waals surface area contributed by atoms with E-state index in [-0.39, 0.29) is 11.9 Å². The lowest BCUT2D eigenvalue weighted by Gasteiger charge is -2.21. The van der Waals surface area contributed by atoms with Gasteiger partial charge in [-0.15, -0.1) is 0 Å². The lowest BCUT2D eigenvalue weighted by molar-refractivity contribution is -0.121. The van der Waals surface area contributed by atoms with Crippen LogP contribution in [0.1, 0.15) is 36.1 Å². The molecule has 1 aliphatic heterocycles. The highest BCUT2D eigenvalue weighted by Crippen LogP contribution is 2.32. The Labute approximate surface area is 142 Å². The largest absolute Gasteiger partial charge is 0.486 e. The van der Waals surface area contributed by atoms with Gasteiger partial charge in [0.2, 0.25) is 5.91 Å². The highest BCUT2D eigenvalue weighted by Gasteiger charge is 2.15. The van der Waals surface area contributed by atoms with Crippen molar-refractivity contribution < 1.29 is 14.3 Å². The molecule has 1 N–H and O–H groups in total. The molecule has 1 aliphatic rings. The minimum atomic E-state index is -0.0640. The Morgan fingerprint density at radius 2 is 1.92 bits per heavy atom. The maximum Gasteiger partial charge on any atom is 0.220 e. The van der Waals surface area contributed by atoms with Gasteiger partial charge in [-0.2, -0.15) is 0 Å². The van der Waals surface area contributed by atoms with Crippen LogP contribution in [-0.4, -0.2) is 19.1 Å². The molecule has 4 nitrogen and oxygen atoms in total. The molecule has 0 radical (unpaired) electrons. The van der Waals surface area contributed by atoms with Gasteiger partial charge in [-0.25, -0.2) is 0 Å². The number of carbonyl (C=O) groups excluding carboxylic acids is 1. The first kappa shape index (κ1) is 16.4. The third-order valence-electron chi connectivity index (χ3n) is 4.17. The van der Waals surface area contributed by atoms with E-state index in [0.29, 0.717) is 19.6 Å². The predicted octanol–water partition coefficient (Wildman–Crippen LogP) is 3.58. The van der Waals surface area contributed by atoms with E-state index in [1.807, 2.05) is 31.2 Å². The summed E-state index contributed by atoms with van der Waals surface area (Å²) in [5, 5.41) is 3.05. The van der Waals surface area contributed by atoms with Crippen molar-refractivity contribution in [3.05, 3.63) is 59.2 Å². The van der Waals surface area contributed by atoms with Crippen LogP contribution in [0.3, 0.4) is 0 Å². The van der Waals surface area contributed by atoms with E-state index in [9.17, 15) is 4.79 Å². The van der Waals surface area contributed by atoms with E-state index in [1.165, 1.54) is 11.1 Å². The smallest absolute Gasteiger partial charge is 0.220 e. The van der Waals surface area contributed by atoms with Crippen LogP contribution in [0.5, 0.6) is 11.5 Å². The number of carbonyl (C=O) groups is 1. The summed E-state index contributed by atoms with van der Waals surface area (Å²) in [6.45, 7) is 5.19. The molecule has 2 aromatic carbocycles. The first-order valence-electron chi connectivity index (χ1n) is 8.36. The van der Waals surface area contributed by atoms with Crippen LogP contribution in [0.25, 0.3) is 0 Å². The van der Waals surface area contributed by atoms with Gasteiger partial charge in [0.05, 0.1) is 6.04 Å². The summed E-state index contributed by atoms with van der Waals surface area (Å²) in [4.78, 5) is 12.2. The SMILES string of the molecule is Cc1cccc(CCC(=O)NC(C)c2ccc3c(c2)OCCO3)c1. The van der Waals surface area contributed by atoms with E-state index in [0.717, 1.165) is 23.5 Å². The van der Waals surface area contributed by atoms with Crippen LogP contribution < -0.4 is 14.8 Å². The zero-order valence-corrected chi connectivity index (χ0v) is 14.2. The summed E-state index contributed by atoms with van der Waals surface area (Å²) in [5.74, 6) is 1.57. The fourth-order valence-electron chi connectivity index (χ4n) is 2.85. The molecule has 1 amide bonds. The maximum atomic E-state index is 12.2. The van der Waals surface area contributed by atoms with Crippen molar-refractivity contribution in [1.82, 2.24) is 5.32 Å². The standard InChI is InChI=1S/C20H23NO3/c1-14-4-3-5-16(12-14)6-9-20(22)21-15(2)17-7-8-18-19(13-17)24-11-10-23-18/h3-5,7-8,12-13,15H,6,9-11H2,1-2H3,(H,21,22). The second-order valence-electron chi connectivity index (χ2n) is 6.18. The summed E-state index contributed by atoms with van der Waals surface area (Å²) in [6, 6.07) is 14.0. The van der Waals surface area contributed by atoms with Crippen molar-refractivity contribution in [3.63, 3.8) is 0 Å². The lowest BCUT2D eigenvalue weighted by Crippen LogP contribution is -2.27. The molecule has 3 rings (SSSR count). The van der Waals surface area contributed by atoms with Crippen LogP contribution in [0.4, 0.5) is 0 Å². The Hall–Kier alpha value is -2.49. The fourth-order valence-corrected chi connectivity index (χ4v) is 2.85. The molecule has 0 aromatic heterocycles. The molecule has 0 spiro atoms. The Kier molecular flexibility index (Phi) is 5.04. The van der Waals surface area contributed by atoms with Gasteiger partial charge in [0.25, 0.3) is 0 Å². The summed E-state index contributed by atoms with van der Waals surface area (Å²) in [5.41, 5.74) is 3.43. The number of aryl methyl sites for hydroxylation is 2. The summed E-state index contributed by atoms with van der Waals surface area (Å²) >= 11 is 0. The molecule has 1 unspecified atom stereocenters. The van der Waals surface area contributed by atoms with Crippen molar-refractivity contribution in [1.29, 1.82) is 0 Å². The first-order valence-corrected chi connectivity index (χ1v) is 8.36. The van der Waals surface area contributed by atoms with Gasteiger partial charge in [-0.1, -0.05) is 35.9 Å². The van der Waals surface area contributed by atoms with Crippen molar-refractivity contribution in [2.75, 3.05) is 13.2 Å². The molecule has 2 aromatic rings. The van der Waals surface area contributed by atoms with Crippen LogP contribution >= 0.6 is 0 Å². The van der Waals surface area contributed by atoms with E-state index >= 15 is 0 Å². The second-order valence-corrected chi connectivity index (χ2v) is 6.18. The third kappa shape index (κ3) is 4.07. The quantitative estimate of drug-likeness (QED) is 0.914. The highest BCUT2D eigenvalue weighted by atomic mass is 16.6. The molecule has 24 heavy (non-hydrogen) atoms. The number of fused-ring (bicyclic) bond motifs is 1. The van der Waals surface area contributed by atoms with E-state index in [2.05, 4.69) is 30.4 Å². The van der Waals surface area contributed by atoms with E-state index < -0.39 is 0 Å². The third-order valence-corrected chi connectivity index (χ3v) is 4.17. The molecule has 4 heteroatoms. The van der Waals surface area contributed by atoms with Gasteiger partial charge in [0.1, 0.15) is 13.2 Å². The zero-order chi connectivity index (χ0) is 16.9. The van der Waals surface area contributed by atoms with Crippen LogP contribution in [0.15, 0.2) is 42.5 Å². The summed E-state index contributed by atoms with van der Waals surface area (Å²) < 4.78 is 11.1. The van der Waals surface area contributed by atoms with Gasteiger partial charge < -0.3 is 14.8 Å². The molecule has 0 fully saturated rings. The van der Waals surface area contributed by atoms with Gasteiger partial charge in [0.15, 0.2) is 11.5 Å². The monoisotopic (exact) mass is 325 g/mol. The van der Waals surface area contributed by atoms with Crippen LogP contribution in [-0.2, 0) is 11.2 Å². The maximum absolute atomic E-state index is 12.2. The minimum Gasteiger partial charge on any atom is -0.486 e. The first-order chi connectivity index (χ1) is 11.6. The molecule has 0 aliphatic carbocycles. The Balaban J connectivity index is 1.56. The number of hydrogen-bond donors (Lipinski definition) is 1. The van der Waals surface area contributed by atoms with E-state index in [4.69, 9.17) is 9.47 Å². The Morgan fingerprint density at radius 1 is 1.12 bits per heavy atom. The predicted molar refractivity (Wildman–Crippen MR) is 93.5 cm³/mol. The van der Waals surface area contributed by atoms with Crippen LogP contribution in [0, 0.1) is 6.92 Å². The molecule has 0 saturated carbocycles. The average Bonchev–Trinajstić information content (AvgIpc) is 2.59. The summed E-state index contributed by atoms with van der Waals surface area (Å²) in [6.07, 6.45) is 1.24. The number of rotatable bonds is 5. The number of nitrogens with one attached hydrogen (secondary N) is 1. The van der Waals surface area contributed by atoms with Crippen molar-refractivity contribution >= 4 is 5.91 Å². The molecule has 0 bridgehead atoms. The normalized spacial score (nSPS) is 14.1. The lowest BCUT2D eigenvalue weighted by atomic mass is 10.1. The number of amides is 1. The molecular formula is C20H23NO3. The summed E-state index contributed by atoms with van der Waals surface area (Å²) in [7, 11) is 0. The Bertz CT molecular complexity index is 727. The number of ether oxygens (including phenoxy) is 2. The number of benzene rings is 2. The van der Waals surface area contributed by atoms with Crippen LogP contribution in [0.2, 0.25) is 0 Å². The molecule has 1 heterocycles. The average molecular weight is 325 g/mol. The molecule has 1 atom stereocenters. The molecule has 0 saturated heterocycles. The zero-order valence-electron chi connectivity index (χ0n) is 14.2. The van der Waals surface area contributed by atoms with Gasteiger partial charge in [0, 0.05) is 6.42 Å². The van der Waals surface area contributed by atoms with E-state index in [1.54, 1.807) is 0 Å². The minimum absolute atomic E-state index is 0.0545. The van der Waals surface area contributed by atoms with Gasteiger partial charge in [-0.05, 0) is 43.5 Å². The molecule has 126 valence electrons. The van der Waals surface area contributed by atoms with Crippen molar-refractivity contribution in [2.45, 2.75) is 32.7 Å². The fraction of sp³-hybridized carbons (Fsp3) is 0.350. The van der Waals surface area contributed by atoms with Gasteiger partial charge in [-0.3, -0.25) is 4.79 Å². The number of hydrogen-bond acceptors (Lipinski definition) is 3. The molecular weight excluding hydrogens is 302 g/mol.